The predicted molar refractivity (Wildman–Crippen MR) is 69.7 cm³/mol. The maximum Gasteiger partial charge on any atom is 0.193 e. The zero-order valence-electron chi connectivity index (χ0n) is 9.93. The molecule has 1 aliphatic rings. The summed E-state index contributed by atoms with van der Waals surface area (Å²) in [7, 11) is 0. The number of rotatable bonds is 0. The van der Waals surface area contributed by atoms with Crippen LogP contribution in [0.5, 0.6) is 11.5 Å². The standard InChI is InChI=1S/C15H10O4/c1-7-6-10(16)11-12(13(7)17)15(19)9-5-3-2-4-8(9)14(11)18/h2-5,18-19H,1,6H2. The van der Waals surface area contributed by atoms with Crippen molar-refractivity contribution in [3.63, 3.8) is 0 Å². The van der Waals surface area contributed by atoms with E-state index in [-0.39, 0.29) is 34.6 Å². The van der Waals surface area contributed by atoms with Crippen LogP contribution in [0, 0.1) is 0 Å². The lowest BCUT2D eigenvalue weighted by molar-refractivity contribution is 0.0931. The van der Waals surface area contributed by atoms with Crippen molar-refractivity contribution in [2.75, 3.05) is 0 Å². The Morgan fingerprint density at radius 2 is 1.47 bits per heavy atom. The molecule has 0 fully saturated rings. The Kier molecular flexibility index (Phi) is 2.22. The number of aromatic hydroxyl groups is 2. The van der Waals surface area contributed by atoms with Gasteiger partial charge in [-0.1, -0.05) is 30.8 Å². The molecule has 0 saturated heterocycles. The second-order valence-electron chi connectivity index (χ2n) is 4.53. The lowest BCUT2D eigenvalue weighted by Gasteiger charge is -2.19. The Bertz CT molecular complexity index is 771. The van der Waals surface area contributed by atoms with Gasteiger partial charge in [0.05, 0.1) is 11.1 Å². The minimum Gasteiger partial charge on any atom is -0.507 e. The Morgan fingerprint density at radius 3 is 2.05 bits per heavy atom. The number of hydrogen-bond donors (Lipinski definition) is 2. The molecule has 0 atom stereocenters. The summed E-state index contributed by atoms with van der Waals surface area (Å²) in [5.41, 5.74) is -0.117. The van der Waals surface area contributed by atoms with Crippen LogP contribution < -0.4 is 0 Å². The van der Waals surface area contributed by atoms with Crippen LogP contribution in [-0.4, -0.2) is 21.8 Å². The van der Waals surface area contributed by atoms with Gasteiger partial charge in [0.2, 0.25) is 0 Å². The van der Waals surface area contributed by atoms with E-state index in [0.29, 0.717) is 10.8 Å². The Balaban J connectivity index is 2.54. The van der Waals surface area contributed by atoms with Crippen LogP contribution in [0.4, 0.5) is 0 Å². The molecule has 0 aromatic heterocycles. The molecule has 1 aliphatic carbocycles. The third kappa shape index (κ3) is 1.40. The van der Waals surface area contributed by atoms with E-state index >= 15 is 0 Å². The highest BCUT2D eigenvalue weighted by Crippen LogP contribution is 2.43. The van der Waals surface area contributed by atoms with E-state index in [4.69, 9.17) is 0 Å². The number of Topliss-reactive ketones (excluding diaryl/α,β-unsaturated/α-hetero) is 2. The molecule has 4 nitrogen and oxygen atoms in total. The van der Waals surface area contributed by atoms with Gasteiger partial charge in [-0.2, -0.15) is 0 Å². The third-order valence-electron chi connectivity index (χ3n) is 3.36. The van der Waals surface area contributed by atoms with Gasteiger partial charge in [0, 0.05) is 22.8 Å². The van der Waals surface area contributed by atoms with Crippen LogP contribution >= 0.6 is 0 Å². The van der Waals surface area contributed by atoms with Crippen molar-refractivity contribution in [2.45, 2.75) is 6.42 Å². The number of phenols is 2. The summed E-state index contributed by atoms with van der Waals surface area (Å²) in [5.74, 6) is -1.43. The van der Waals surface area contributed by atoms with E-state index in [1.807, 2.05) is 0 Å². The highest BCUT2D eigenvalue weighted by atomic mass is 16.3. The summed E-state index contributed by atoms with van der Waals surface area (Å²) < 4.78 is 0. The molecule has 0 bridgehead atoms. The zero-order valence-corrected chi connectivity index (χ0v) is 9.93. The summed E-state index contributed by atoms with van der Waals surface area (Å²) >= 11 is 0. The Labute approximate surface area is 108 Å². The van der Waals surface area contributed by atoms with Crippen LogP contribution in [0.3, 0.4) is 0 Å². The highest BCUT2D eigenvalue weighted by molar-refractivity contribution is 6.27. The van der Waals surface area contributed by atoms with Crippen molar-refractivity contribution in [3.8, 4) is 11.5 Å². The van der Waals surface area contributed by atoms with Gasteiger partial charge >= 0.3 is 0 Å². The van der Waals surface area contributed by atoms with E-state index in [2.05, 4.69) is 6.58 Å². The molecule has 4 heteroatoms. The predicted octanol–water partition coefficient (Wildman–Crippen LogP) is 2.58. The normalized spacial score (nSPS) is 14.8. The number of carbonyl (C=O) groups excluding carboxylic acids is 2. The van der Waals surface area contributed by atoms with Crippen molar-refractivity contribution < 1.29 is 19.8 Å². The summed E-state index contributed by atoms with van der Waals surface area (Å²) in [6.07, 6.45) is -0.128. The highest BCUT2D eigenvalue weighted by Gasteiger charge is 2.33. The first kappa shape index (κ1) is 11.5. The van der Waals surface area contributed by atoms with E-state index in [9.17, 15) is 19.8 Å². The molecule has 0 aliphatic heterocycles. The molecule has 0 saturated carbocycles. The monoisotopic (exact) mass is 254 g/mol. The van der Waals surface area contributed by atoms with Gasteiger partial charge in [0.15, 0.2) is 11.6 Å². The SMILES string of the molecule is C=C1CC(=O)c2c(c(O)c3ccccc3c2O)C1=O. The summed E-state index contributed by atoms with van der Waals surface area (Å²) in [5, 5.41) is 21.1. The zero-order chi connectivity index (χ0) is 13.7. The first-order valence-corrected chi connectivity index (χ1v) is 5.74. The van der Waals surface area contributed by atoms with Crippen molar-refractivity contribution >= 4 is 22.3 Å². The molecule has 3 rings (SSSR count). The molecule has 0 heterocycles. The van der Waals surface area contributed by atoms with Crippen molar-refractivity contribution in [1.82, 2.24) is 0 Å². The number of fused-ring (bicyclic) bond motifs is 2. The average Bonchev–Trinajstić information content (AvgIpc) is 2.40. The molecule has 0 unspecified atom stereocenters. The van der Waals surface area contributed by atoms with Gasteiger partial charge in [0.25, 0.3) is 0 Å². The number of ketones is 2. The fourth-order valence-electron chi connectivity index (χ4n) is 2.43. The number of phenolic OH excluding ortho intramolecular Hbond substituents is 2. The van der Waals surface area contributed by atoms with Crippen LogP contribution in [0.2, 0.25) is 0 Å². The minimum atomic E-state index is -0.492. The first-order chi connectivity index (χ1) is 9.02. The molecule has 2 N–H and O–H groups in total. The largest absolute Gasteiger partial charge is 0.507 e. The maximum atomic E-state index is 12.1. The average molecular weight is 254 g/mol. The fraction of sp³-hybridized carbons (Fsp3) is 0.0667. The summed E-state index contributed by atoms with van der Waals surface area (Å²) in [6.45, 7) is 3.53. The molecule has 0 amide bonds. The lowest BCUT2D eigenvalue weighted by Crippen LogP contribution is -2.19. The second-order valence-corrected chi connectivity index (χ2v) is 4.53. The van der Waals surface area contributed by atoms with Crippen molar-refractivity contribution in [1.29, 1.82) is 0 Å². The maximum absolute atomic E-state index is 12.1. The van der Waals surface area contributed by atoms with Crippen LogP contribution in [0.1, 0.15) is 27.1 Å². The van der Waals surface area contributed by atoms with E-state index in [1.54, 1.807) is 24.3 Å². The number of allylic oxidation sites excluding steroid dienone is 1. The number of carbonyl (C=O) groups is 2. The van der Waals surface area contributed by atoms with Crippen LogP contribution in [0.15, 0.2) is 36.4 Å². The third-order valence-corrected chi connectivity index (χ3v) is 3.36. The van der Waals surface area contributed by atoms with Crippen LogP contribution in [-0.2, 0) is 0 Å². The molecular weight excluding hydrogens is 244 g/mol. The van der Waals surface area contributed by atoms with Gasteiger partial charge in [0.1, 0.15) is 11.5 Å². The molecular formula is C15H10O4. The molecule has 0 spiro atoms. The lowest BCUT2D eigenvalue weighted by atomic mass is 9.83. The van der Waals surface area contributed by atoms with Gasteiger partial charge in [-0.3, -0.25) is 9.59 Å². The first-order valence-electron chi connectivity index (χ1n) is 5.74. The Morgan fingerprint density at radius 1 is 0.947 bits per heavy atom. The smallest absolute Gasteiger partial charge is 0.193 e. The quantitative estimate of drug-likeness (QED) is 0.559. The molecule has 2 aromatic rings. The van der Waals surface area contributed by atoms with Crippen molar-refractivity contribution in [2.24, 2.45) is 0 Å². The van der Waals surface area contributed by atoms with Gasteiger partial charge in [-0.15, -0.1) is 0 Å². The van der Waals surface area contributed by atoms with E-state index in [1.165, 1.54) is 0 Å². The van der Waals surface area contributed by atoms with Crippen molar-refractivity contribution in [3.05, 3.63) is 47.5 Å². The molecule has 2 aromatic carbocycles. The van der Waals surface area contributed by atoms with Gasteiger partial charge in [-0.25, -0.2) is 0 Å². The van der Waals surface area contributed by atoms with Gasteiger partial charge < -0.3 is 10.2 Å². The number of benzene rings is 2. The fourth-order valence-corrected chi connectivity index (χ4v) is 2.43. The van der Waals surface area contributed by atoms with Crippen LogP contribution in [0.25, 0.3) is 10.8 Å². The molecule has 0 radical (unpaired) electrons. The summed E-state index contributed by atoms with van der Waals surface area (Å²) in [6, 6.07) is 6.53. The molecule has 94 valence electrons. The summed E-state index contributed by atoms with van der Waals surface area (Å²) in [4.78, 5) is 24.0. The molecule has 19 heavy (non-hydrogen) atoms. The van der Waals surface area contributed by atoms with Gasteiger partial charge in [-0.05, 0) is 0 Å². The number of hydrogen-bond acceptors (Lipinski definition) is 4. The Hall–Kier alpha value is -2.62. The minimum absolute atomic E-state index is 0.103. The topological polar surface area (TPSA) is 74.6 Å². The second kappa shape index (κ2) is 3.68. The van der Waals surface area contributed by atoms with E-state index in [0.717, 1.165) is 0 Å². The van der Waals surface area contributed by atoms with E-state index < -0.39 is 11.6 Å².